The Morgan fingerprint density at radius 3 is 2.57 bits per heavy atom. The van der Waals surface area contributed by atoms with Crippen molar-refractivity contribution in [1.29, 1.82) is 0 Å². The number of hydrogen-bond donors (Lipinski definition) is 1. The van der Waals surface area contributed by atoms with E-state index in [0.717, 1.165) is 17.8 Å². The second-order valence-corrected chi connectivity index (χ2v) is 8.28. The fourth-order valence-electron chi connectivity index (χ4n) is 4.15. The molecule has 11 heteroatoms. The summed E-state index contributed by atoms with van der Waals surface area (Å²) in [6, 6.07) is 3.38. The number of methoxy groups -OCH3 is 1. The van der Waals surface area contributed by atoms with Gasteiger partial charge in [0.1, 0.15) is 11.9 Å². The van der Waals surface area contributed by atoms with E-state index in [4.69, 9.17) is 4.74 Å². The maximum atomic E-state index is 13.9. The van der Waals surface area contributed by atoms with Crippen molar-refractivity contribution in [2.45, 2.75) is 31.9 Å². The Morgan fingerprint density at radius 2 is 1.89 bits per heavy atom. The van der Waals surface area contributed by atoms with Crippen molar-refractivity contribution >= 4 is 12.2 Å². The van der Waals surface area contributed by atoms with Gasteiger partial charge in [0.25, 0.3) is 0 Å². The van der Waals surface area contributed by atoms with Crippen LogP contribution in [0.5, 0.6) is 5.75 Å². The van der Waals surface area contributed by atoms with Gasteiger partial charge in [0.2, 0.25) is 0 Å². The van der Waals surface area contributed by atoms with Crippen LogP contribution in [0.4, 0.5) is 13.2 Å². The van der Waals surface area contributed by atoms with E-state index >= 15 is 0 Å². The van der Waals surface area contributed by atoms with E-state index in [1.165, 1.54) is 4.68 Å². The number of halogens is 3. The van der Waals surface area contributed by atoms with Gasteiger partial charge in [0, 0.05) is 18.9 Å². The van der Waals surface area contributed by atoms with Gasteiger partial charge >= 0.3 is 0 Å². The fraction of sp³-hybridized carbons (Fsp3) is 0.250. The van der Waals surface area contributed by atoms with Crippen LogP contribution < -0.4 is 4.74 Å². The molecule has 1 aromatic carbocycles. The first-order valence-corrected chi connectivity index (χ1v) is 10.8. The minimum Gasteiger partial charge on any atom is -0.493 e. The molecule has 0 aliphatic carbocycles. The van der Waals surface area contributed by atoms with Crippen LogP contribution in [0.15, 0.2) is 36.9 Å². The molecule has 1 N–H and O–H groups in total. The number of nitrogens with zero attached hydrogens (tertiary/aromatic N) is 6. The zero-order valence-electron chi connectivity index (χ0n) is 18.9. The number of pyridine rings is 1. The Morgan fingerprint density at radius 1 is 1.11 bits per heavy atom. The van der Waals surface area contributed by atoms with Crippen LogP contribution in [0, 0.1) is 24.4 Å². The Bertz CT molecular complexity index is 1420. The van der Waals surface area contributed by atoms with Crippen LogP contribution in [0.3, 0.4) is 0 Å². The summed E-state index contributed by atoms with van der Waals surface area (Å²) in [6.45, 7) is 2.35. The number of rotatable bonds is 5. The highest BCUT2D eigenvalue weighted by Crippen LogP contribution is 2.37. The lowest BCUT2D eigenvalue weighted by atomic mass is 9.86. The number of aryl methyl sites for hydroxylation is 2. The van der Waals surface area contributed by atoms with Crippen LogP contribution in [0.2, 0.25) is 0 Å². The highest BCUT2D eigenvalue weighted by molar-refractivity contribution is 5.67. The minimum atomic E-state index is -1.80. The lowest BCUT2D eigenvalue weighted by Crippen LogP contribution is -2.36. The summed E-state index contributed by atoms with van der Waals surface area (Å²) in [5, 5.41) is 15.7. The number of aliphatic hydroxyl groups is 1. The third-order valence-corrected chi connectivity index (χ3v) is 5.88. The lowest BCUT2D eigenvalue weighted by Gasteiger charge is -2.31. The number of imidazole rings is 1. The van der Waals surface area contributed by atoms with Crippen molar-refractivity contribution in [3.63, 3.8) is 0 Å². The van der Waals surface area contributed by atoms with Gasteiger partial charge in [-0.05, 0) is 61.2 Å². The second-order valence-electron chi connectivity index (χ2n) is 8.28. The third-order valence-electron chi connectivity index (χ3n) is 5.88. The maximum absolute atomic E-state index is 13.9. The van der Waals surface area contributed by atoms with Gasteiger partial charge in [-0.1, -0.05) is 0 Å². The topological polar surface area (TPSA) is 90.9 Å². The van der Waals surface area contributed by atoms with E-state index in [1.54, 1.807) is 42.4 Å². The molecule has 5 rings (SSSR count). The summed E-state index contributed by atoms with van der Waals surface area (Å²) in [4.78, 5) is 13.1. The van der Waals surface area contributed by atoms with Gasteiger partial charge in [0.15, 0.2) is 40.7 Å². The van der Waals surface area contributed by atoms with Crippen LogP contribution in [-0.2, 0) is 12.1 Å². The molecule has 1 atom stereocenters. The molecule has 180 valence electrons. The molecule has 0 unspecified atom stereocenters. The van der Waals surface area contributed by atoms with Crippen molar-refractivity contribution < 1.29 is 23.0 Å². The zero-order valence-corrected chi connectivity index (χ0v) is 18.9. The zero-order chi connectivity index (χ0) is 24.7. The van der Waals surface area contributed by atoms with E-state index in [1.807, 2.05) is 13.1 Å². The van der Waals surface area contributed by atoms with E-state index in [9.17, 15) is 18.3 Å². The van der Waals surface area contributed by atoms with Crippen molar-refractivity contribution in [2.75, 3.05) is 7.11 Å². The van der Waals surface area contributed by atoms with Crippen LogP contribution in [-0.4, -0.2) is 41.5 Å². The molecule has 0 spiro atoms. The number of benzene rings is 1. The standard InChI is InChI=1S/C24H21F3N6O2/c1-14-12-32(13-29-14)22-19(35-2)8-15(11-28-22)4-5-20-30-23-24(34,6-3-7-33(23)31-20)16-9-17(25)21(27)18(26)10-16/h4-5,8-13,34H,3,6-7H2,1-2H3/b5-4+/t24-/m0/s1. The van der Waals surface area contributed by atoms with E-state index in [2.05, 4.69) is 20.1 Å². The van der Waals surface area contributed by atoms with Gasteiger partial charge in [-0.15, -0.1) is 0 Å². The summed E-state index contributed by atoms with van der Waals surface area (Å²) in [6.07, 6.45) is 9.16. The Kier molecular flexibility index (Phi) is 5.64. The van der Waals surface area contributed by atoms with Crippen molar-refractivity contribution in [3.8, 4) is 11.6 Å². The van der Waals surface area contributed by atoms with Gasteiger partial charge < -0.3 is 9.84 Å². The third kappa shape index (κ3) is 4.08. The summed E-state index contributed by atoms with van der Waals surface area (Å²) in [7, 11) is 1.55. The molecule has 4 heterocycles. The Labute approximate surface area is 198 Å². The molecular weight excluding hydrogens is 461 g/mol. The quantitative estimate of drug-likeness (QED) is 0.436. The number of ether oxygens (including phenoxy) is 1. The largest absolute Gasteiger partial charge is 0.493 e. The van der Waals surface area contributed by atoms with Crippen LogP contribution in [0.1, 0.15) is 41.3 Å². The molecule has 0 fully saturated rings. The smallest absolute Gasteiger partial charge is 0.194 e. The highest BCUT2D eigenvalue weighted by Gasteiger charge is 2.40. The van der Waals surface area contributed by atoms with Gasteiger partial charge in [-0.2, -0.15) is 5.10 Å². The fourth-order valence-corrected chi connectivity index (χ4v) is 4.15. The first kappa shape index (κ1) is 22.8. The second kappa shape index (κ2) is 8.66. The van der Waals surface area contributed by atoms with Gasteiger partial charge in [-0.25, -0.2) is 32.8 Å². The van der Waals surface area contributed by atoms with Crippen molar-refractivity contribution in [1.82, 2.24) is 29.3 Å². The molecule has 3 aromatic heterocycles. The normalized spacial score (nSPS) is 17.7. The molecule has 8 nitrogen and oxygen atoms in total. The average Bonchev–Trinajstić information content (AvgIpc) is 3.47. The highest BCUT2D eigenvalue weighted by atomic mass is 19.2. The Balaban J connectivity index is 1.45. The van der Waals surface area contributed by atoms with Crippen LogP contribution in [0.25, 0.3) is 18.0 Å². The van der Waals surface area contributed by atoms with E-state index in [0.29, 0.717) is 30.1 Å². The van der Waals surface area contributed by atoms with Crippen molar-refractivity contribution in [3.05, 3.63) is 82.8 Å². The molecule has 1 aliphatic rings. The number of aromatic nitrogens is 6. The van der Waals surface area contributed by atoms with Crippen LogP contribution >= 0.6 is 0 Å². The SMILES string of the molecule is COc1cc(/C=C/c2nc3n(n2)CCC[C@]3(O)c2cc(F)c(F)c(F)c2)cnc1-n1cnc(C)c1. The van der Waals surface area contributed by atoms with Crippen molar-refractivity contribution in [2.24, 2.45) is 0 Å². The average molecular weight is 482 g/mol. The van der Waals surface area contributed by atoms with E-state index < -0.39 is 23.1 Å². The summed E-state index contributed by atoms with van der Waals surface area (Å²) in [5.41, 5.74) is -0.355. The summed E-state index contributed by atoms with van der Waals surface area (Å²) < 4.78 is 49.9. The molecule has 0 bridgehead atoms. The molecule has 1 aliphatic heterocycles. The lowest BCUT2D eigenvalue weighted by molar-refractivity contribution is 0.0387. The maximum Gasteiger partial charge on any atom is 0.194 e. The first-order chi connectivity index (χ1) is 16.8. The monoisotopic (exact) mass is 482 g/mol. The van der Waals surface area contributed by atoms with Gasteiger partial charge in [-0.3, -0.25) is 4.57 Å². The molecular formula is C24H21F3N6O2. The molecule has 35 heavy (non-hydrogen) atoms. The number of hydrogen-bond acceptors (Lipinski definition) is 6. The molecule has 0 saturated heterocycles. The molecule has 0 amide bonds. The minimum absolute atomic E-state index is 0.114. The van der Waals surface area contributed by atoms with E-state index in [-0.39, 0.29) is 23.6 Å². The predicted molar refractivity (Wildman–Crippen MR) is 120 cm³/mol. The predicted octanol–water partition coefficient (Wildman–Crippen LogP) is 3.79. The summed E-state index contributed by atoms with van der Waals surface area (Å²) in [5.74, 6) is -2.79. The molecule has 0 saturated carbocycles. The Hall–Kier alpha value is -3.99. The molecule has 0 radical (unpaired) electrons. The first-order valence-electron chi connectivity index (χ1n) is 10.8. The summed E-state index contributed by atoms with van der Waals surface area (Å²) >= 11 is 0. The van der Waals surface area contributed by atoms with Gasteiger partial charge in [0.05, 0.1) is 12.8 Å². The molecule has 4 aromatic rings. The number of fused-ring (bicyclic) bond motifs is 1.